The van der Waals surface area contributed by atoms with Gasteiger partial charge in [0, 0.05) is 17.5 Å². The van der Waals surface area contributed by atoms with Gasteiger partial charge in [0.25, 0.3) is 5.91 Å². The molecule has 3 aromatic rings. The minimum Gasteiger partial charge on any atom is -0.317 e. The Balaban J connectivity index is 1.41. The second-order valence-electron chi connectivity index (χ2n) is 5.63. The maximum absolute atomic E-state index is 12.3. The van der Waals surface area contributed by atoms with Gasteiger partial charge in [-0.15, -0.1) is 22.7 Å². The van der Waals surface area contributed by atoms with Crippen LogP contribution in [0, 0.1) is 5.92 Å². The predicted octanol–water partition coefficient (Wildman–Crippen LogP) is 3.87. The molecule has 1 aliphatic rings. The zero-order chi connectivity index (χ0) is 17.2. The maximum atomic E-state index is 12.3. The molecule has 1 saturated carbocycles. The topological polar surface area (TPSA) is 84.0 Å². The van der Waals surface area contributed by atoms with E-state index >= 15 is 0 Å². The summed E-state index contributed by atoms with van der Waals surface area (Å²) in [4.78, 5) is 33.3. The van der Waals surface area contributed by atoms with E-state index < -0.39 is 0 Å². The number of rotatable bonds is 5. The lowest BCUT2D eigenvalue weighted by molar-refractivity contribution is -0.117. The highest BCUT2D eigenvalue weighted by Crippen LogP contribution is 2.32. The van der Waals surface area contributed by atoms with Gasteiger partial charge in [0.2, 0.25) is 5.91 Å². The molecule has 0 atom stereocenters. The molecule has 1 aliphatic carbocycles. The highest BCUT2D eigenvalue weighted by molar-refractivity contribution is 7.18. The van der Waals surface area contributed by atoms with Crippen molar-refractivity contribution in [1.82, 2.24) is 9.97 Å². The van der Waals surface area contributed by atoms with E-state index in [1.54, 1.807) is 18.3 Å². The van der Waals surface area contributed by atoms with Crippen LogP contribution in [-0.4, -0.2) is 21.8 Å². The van der Waals surface area contributed by atoms with Crippen LogP contribution in [-0.2, 0) is 4.79 Å². The average molecular weight is 370 g/mol. The molecule has 3 aromatic heterocycles. The minimum atomic E-state index is -0.237. The molecule has 6 nitrogen and oxygen atoms in total. The van der Waals surface area contributed by atoms with Crippen molar-refractivity contribution in [3.63, 3.8) is 0 Å². The molecule has 0 spiro atoms. The van der Waals surface area contributed by atoms with Crippen LogP contribution in [0.2, 0.25) is 0 Å². The molecule has 1 fully saturated rings. The van der Waals surface area contributed by atoms with Crippen molar-refractivity contribution in [1.29, 1.82) is 0 Å². The Hall–Kier alpha value is -2.58. The molecule has 0 saturated heterocycles. The molecule has 0 aliphatic heterocycles. The molecule has 0 bridgehead atoms. The number of thiophene rings is 1. The van der Waals surface area contributed by atoms with Gasteiger partial charge in [-0.3, -0.25) is 19.9 Å². The summed E-state index contributed by atoms with van der Waals surface area (Å²) in [5.74, 6) is -0.0627. The third-order valence-electron chi connectivity index (χ3n) is 3.68. The maximum Gasteiger partial charge on any atom is 0.267 e. The second-order valence-corrected chi connectivity index (χ2v) is 7.58. The lowest BCUT2D eigenvalue weighted by atomic mass is 10.3. The molecular weight excluding hydrogens is 356 g/mol. The SMILES string of the molecule is O=C(Nc1nc(-c2ccccn2)cs1)c1ccc(NC(=O)C2CC2)s1. The Morgan fingerprint density at radius 2 is 1.96 bits per heavy atom. The van der Waals surface area contributed by atoms with E-state index in [0.29, 0.717) is 15.0 Å². The van der Waals surface area contributed by atoms with Gasteiger partial charge >= 0.3 is 0 Å². The molecule has 0 aromatic carbocycles. The summed E-state index contributed by atoms with van der Waals surface area (Å²) < 4.78 is 0. The molecule has 3 heterocycles. The van der Waals surface area contributed by atoms with Crippen LogP contribution < -0.4 is 10.6 Å². The predicted molar refractivity (Wildman–Crippen MR) is 99.0 cm³/mol. The number of hydrogen-bond donors (Lipinski definition) is 2. The van der Waals surface area contributed by atoms with Crippen molar-refractivity contribution in [3.8, 4) is 11.4 Å². The van der Waals surface area contributed by atoms with Crippen molar-refractivity contribution in [2.45, 2.75) is 12.8 Å². The summed E-state index contributed by atoms with van der Waals surface area (Å²) in [6.07, 6.45) is 3.61. The lowest BCUT2D eigenvalue weighted by Gasteiger charge is -2.00. The average Bonchev–Trinajstić information content (AvgIpc) is 3.21. The summed E-state index contributed by atoms with van der Waals surface area (Å²) in [5, 5.41) is 8.70. The van der Waals surface area contributed by atoms with Gasteiger partial charge < -0.3 is 5.32 Å². The van der Waals surface area contributed by atoms with Gasteiger partial charge in [-0.25, -0.2) is 4.98 Å². The number of anilines is 2. The Labute approximate surface area is 152 Å². The van der Waals surface area contributed by atoms with E-state index in [-0.39, 0.29) is 17.7 Å². The smallest absolute Gasteiger partial charge is 0.267 e. The molecule has 2 N–H and O–H groups in total. The monoisotopic (exact) mass is 370 g/mol. The lowest BCUT2D eigenvalue weighted by Crippen LogP contribution is -2.12. The standard InChI is InChI=1S/C17H14N4O2S2/c22-15(10-4-5-10)20-14-7-6-13(25-14)16(23)21-17-19-12(9-24-17)11-3-1-2-8-18-11/h1-3,6-10H,4-5H2,(H,20,22)(H,19,21,23). The van der Waals surface area contributed by atoms with E-state index in [2.05, 4.69) is 20.6 Å². The van der Waals surface area contributed by atoms with Crippen LogP contribution >= 0.6 is 22.7 Å². The summed E-state index contributed by atoms with van der Waals surface area (Å²) in [6.45, 7) is 0. The van der Waals surface area contributed by atoms with Crippen molar-refractivity contribution in [2.24, 2.45) is 5.92 Å². The van der Waals surface area contributed by atoms with Crippen LogP contribution in [0.4, 0.5) is 10.1 Å². The van der Waals surface area contributed by atoms with E-state index in [1.807, 2.05) is 23.6 Å². The van der Waals surface area contributed by atoms with Crippen molar-refractivity contribution in [2.75, 3.05) is 10.6 Å². The first-order valence-electron chi connectivity index (χ1n) is 7.78. The highest BCUT2D eigenvalue weighted by Gasteiger charge is 2.29. The van der Waals surface area contributed by atoms with E-state index in [4.69, 9.17) is 0 Å². The first-order chi connectivity index (χ1) is 12.2. The molecule has 0 radical (unpaired) electrons. The van der Waals surface area contributed by atoms with Gasteiger partial charge in [-0.05, 0) is 37.1 Å². The number of hydrogen-bond acceptors (Lipinski definition) is 6. The number of nitrogens with one attached hydrogen (secondary N) is 2. The number of pyridine rings is 1. The fourth-order valence-corrected chi connectivity index (χ4v) is 3.72. The number of carbonyl (C=O) groups excluding carboxylic acids is 2. The zero-order valence-corrected chi connectivity index (χ0v) is 14.7. The van der Waals surface area contributed by atoms with E-state index in [9.17, 15) is 9.59 Å². The van der Waals surface area contributed by atoms with Gasteiger partial charge in [-0.1, -0.05) is 6.07 Å². The van der Waals surface area contributed by atoms with Crippen LogP contribution in [0.1, 0.15) is 22.5 Å². The second kappa shape index (κ2) is 6.73. The number of carbonyl (C=O) groups is 2. The van der Waals surface area contributed by atoms with Crippen LogP contribution in [0.5, 0.6) is 0 Å². The normalized spacial score (nSPS) is 13.4. The number of amides is 2. The van der Waals surface area contributed by atoms with Crippen molar-refractivity contribution in [3.05, 3.63) is 46.8 Å². The summed E-state index contributed by atoms with van der Waals surface area (Å²) in [6, 6.07) is 9.06. The third-order valence-corrected chi connectivity index (χ3v) is 5.43. The Kier molecular flexibility index (Phi) is 4.29. The first kappa shape index (κ1) is 15.9. The Bertz CT molecular complexity index is 916. The zero-order valence-electron chi connectivity index (χ0n) is 13.1. The third kappa shape index (κ3) is 3.75. The molecule has 0 unspecified atom stereocenters. The molecule has 8 heteroatoms. The van der Waals surface area contributed by atoms with Gasteiger partial charge in [0.05, 0.1) is 15.6 Å². The van der Waals surface area contributed by atoms with E-state index in [1.165, 1.54) is 22.7 Å². The Morgan fingerprint density at radius 1 is 1.08 bits per heavy atom. The first-order valence-corrected chi connectivity index (χ1v) is 9.47. The quantitative estimate of drug-likeness (QED) is 0.714. The van der Waals surface area contributed by atoms with Crippen LogP contribution in [0.15, 0.2) is 41.9 Å². The Morgan fingerprint density at radius 3 is 2.72 bits per heavy atom. The van der Waals surface area contributed by atoms with Gasteiger partial charge in [-0.2, -0.15) is 0 Å². The molecular formula is C17H14N4O2S2. The number of thiazole rings is 1. The summed E-state index contributed by atoms with van der Waals surface area (Å²) in [5.41, 5.74) is 1.49. The van der Waals surface area contributed by atoms with Gasteiger partial charge in [0.15, 0.2) is 5.13 Å². The minimum absolute atomic E-state index is 0.0359. The highest BCUT2D eigenvalue weighted by atomic mass is 32.1. The largest absolute Gasteiger partial charge is 0.317 e. The van der Waals surface area contributed by atoms with Gasteiger partial charge in [0.1, 0.15) is 5.69 Å². The molecule has 126 valence electrons. The fourth-order valence-electron chi connectivity index (χ4n) is 2.22. The van der Waals surface area contributed by atoms with Crippen LogP contribution in [0.25, 0.3) is 11.4 Å². The molecule has 4 rings (SSSR count). The van der Waals surface area contributed by atoms with Crippen molar-refractivity contribution < 1.29 is 9.59 Å². The molecule has 2 amide bonds. The van der Waals surface area contributed by atoms with Crippen molar-refractivity contribution >= 4 is 44.6 Å². The molecule has 25 heavy (non-hydrogen) atoms. The fraction of sp³-hybridized carbons (Fsp3) is 0.176. The number of aromatic nitrogens is 2. The summed E-state index contributed by atoms with van der Waals surface area (Å²) in [7, 11) is 0. The number of nitrogens with zero attached hydrogens (tertiary/aromatic N) is 2. The van der Waals surface area contributed by atoms with E-state index in [0.717, 1.165) is 24.2 Å². The summed E-state index contributed by atoms with van der Waals surface area (Å²) >= 11 is 2.61. The van der Waals surface area contributed by atoms with Crippen LogP contribution in [0.3, 0.4) is 0 Å².